The minimum absolute atomic E-state index is 0.130. The van der Waals surface area contributed by atoms with Gasteiger partial charge in [-0.05, 0) is 99.0 Å². The van der Waals surface area contributed by atoms with Gasteiger partial charge < -0.3 is 9.47 Å². The molecule has 1 N–H and O–H groups in total. The van der Waals surface area contributed by atoms with Crippen LogP contribution >= 0.6 is 38.5 Å². The van der Waals surface area contributed by atoms with Gasteiger partial charge in [-0.15, -0.1) is 0 Å². The van der Waals surface area contributed by atoms with Crippen LogP contribution in [0.25, 0.3) is 0 Å². The van der Waals surface area contributed by atoms with Crippen molar-refractivity contribution < 1.29 is 18.7 Å². The number of hydrogen-bond acceptors (Lipinski definition) is 5. The first-order chi connectivity index (χ1) is 15.9. The third-order valence-electron chi connectivity index (χ3n) is 4.35. The number of carbonyl (C=O) groups excluding carboxylic acids is 1. The van der Waals surface area contributed by atoms with Crippen LogP contribution in [0.5, 0.6) is 11.5 Å². The first-order valence-electron chi connectivity index (χ1n) is 9.78. The lowest BCUT2D eigenvalue weighted by molar-refractivity contribution is 0.0951. The zero-order valence-electron chi connectivity index (χ0n) is 17.4. The standard InChI is InChI=1S/C24H18BrFIN3O3/c1-2-32-22-11-17(9-20(25)23(22)33-14-15-3-6-18(27)7-4-15)13-29-30-24(31)19-8-5-16(12-28)10-21(19)26/h3-11,13H,2,14H2,1H3,(H,30,31)/b29-13-. The Morgan fingerprint density at radius 1 is 1.21 bits per heavy atom. The molecular formula is C24H18BrFIN3O3. The molecule has 3 rings (SSSR count). The van der Waals surface area contributed by atoms with E-state index in [9.17, 15) is 9.18 Å². The summed E-state index contributed by atoms with van der Waals surface area (Å²) in [6, 6.07) is 16.9. The van der Waals surface area contributed by atoms with E-state index in [0.717, 1.165) is 15.2 Å². The molecule has 0 aliphatic carbocycles. The summed E-state index contributed by atoms with van der Waals surface area (Å²) in [5.74, 6) is -0.452. The van der Waals surface area contributed by atoms with Crippen molar-refractivity contribution in [2.75, 3.05) is 6.61 Å². The predicted molar refractivity (Wildman–Crippen MR) is 135 cm³/mol. The number of benzene rings is 3. The summed E-state index contributed by atoms with van der Waals surface area (Å²) in [4.78, 5) is 12.2. The number of nitrogens with one attached hydrogen (secondary N) is 1. The Morgan fingerprint density at radius 3 is 2.64 bits per heavy atom. The first-order valence-corrected chi connectivity index (χ1v) is 11.6. The van der Waals surface area contributed by atoms with E-state index in [1.807, 2.05) is 37.3 Å². The van der Waals surface area contributed by atoms with Crippen molar-refractivity contribution in [3.8, 4) is 17.6 Å². The summed E-state index contributed by atoms with van der Waals surface area (Å²) in [6.07, 6.45) is 1.41. The SMILES string of the molecule is CCOc1cc(/C=N\NC(=O)c2ccc(C#N)cc2F)cc(Br)c1OCc1ccc(I)cc1. The summed E-state index contributed by atoms with van der Waals surface area (Å²) >= 11 is 5.75. The Morgan fingerprint density at radius 2 is 1.97 bits per heavy atom. The van der Waals surface area contributed by atoms with Crippen LogP contribution in [0.15, 0.2) is 64.2 Å². The second kappa shape index (κ2) is 11.8. The fraction of sp³-hybridized carbons (Fsp3) is 0.125. The van der Waals surface area contributed by atoms with Gasteiger partial charge in [0.25, 0.3) is 5.91 Å². The minimum atomic E-state index is -0.794. The lowest BCUT2D eigenvalue weighted by Crippen LogP contribution is -2.19. The van der Waals surface area contributed by atoms with Crippen LogP contribution in [-0.2, 0) is 6.61 Å². The number of rotatable bonds is 8. The monoisotopic (exact) mass is 621 g/mol. The van der Waals surface area contributed by atoms with Crippen molar-refractivity contribution in [3.63, 3.8) is 0 Å². The number of ether oxygens (including phenoxy) is 2. The van der Waals surface area contributed by atoms with E-state index in [0.29, 0.717) is 34.7 Å². The number of amides is 1. The molecule has 0 saturated carbocycles. The van der Waals surface area contributed by atoms with Gasteiger partial charge in [0.05, 0.1) is 34.5 Å². The smallest absolute Gasteiger partial charge is 0.274 e. The van der Waals surface area contributed by atoms with E-state index in [1.54, 1.807) is 12.1 Å². The van der Waals surface area contributed by atoms with Crippen LogP contribution in [0.4, 0.5) is 4.39 Å². The van der Waals surface area contributed by atoms with Crippen LogP contribution in [0, 0.1) is 20.7 Å². The molecule has 0 atom stereocenters. The molecule has 0 unspecified atom stereocenters. The quantitative estimate of drug-likeness (QED) is 0.196. The molecule has 0 aliphatic heterocycles. The number of hydrazone groups is 1. The molecular weight excluding hydrogens is 604 g/mol. The molecule has 3 aromatic carbocycles. The molecule has 3 aromatic rings. The zero-order chi connectivity index (χ0) is 23.8. The Balaban J connectivity index is 1.72. The molecule has 6 nitrogen and oxygen atoms in total. The van der Waals surface area contributed by atoms with Crippen LogP contribution in [0.2, 0.25) is 0 Å². The van der Waals surface area contributed by atoms with Gasteiger partial charge in [0, 0.05) is 3.57 Å². The number of hydrogen-bond donors (Lipinski definition) is 1. The second-order valence-electron chi connectivity index (χ2n) is 6.68. The van der Waals surface area contributed by atoms with Gasteiger partial charge in [0.1, 0.15) is 12.4 Å². The summed E-state index contributed by atoms with van der Waals surface area (Å²) in [5.41, 5.74) is 3.86. The fourth-order valence-corrected chi connectivity index (χ4v) is 3.73. The topological polar surface area (TPSA) is 83.7 Å². The maximum Gasteiger partial charge on any atom is 0.274 e. The third kappa shape index (κ3) is 6.76. The highest BCUT2D eigenvalue weighted by Gasteiger charge is 2.14. The highest BCUT2D eigenvalue weighted by Crippen LogP contribution is 2.37. The Bertz CT molecular complexity index is 1230. The van der Waals surface area contributed by atoms with E-state index >= 15 is 0 Å². The third-order valence-corrected chi connectivity index (χ3v) is 5.66. The maximum absolute atomic E-state index is 14.0. The van der Waals surface area contributed by atoms with Crippen molar-refractivity contribution in [1.82, 2.24) is 5.43 Å². The normalized spacial score (nSPS) is 10.6. The van der Waals surface area contributed by atoms with E-state index in [-0.39, 0.29) is 11.1 Å². The predicted octanol–water partition coefficient (Wildman–Crippen LogP) is 5.81. The number of nitriles is 1. The molecule has 33 heavy (non-hydrogen) atoms. The Hall–Kier alpha value is -2.97. The lowest BCUT2D eigenvalue weighted by atomic mass is 10.1. The Kier molecular flexibility index (Phi) is 8.79. The lowest BCUT2D eigenvalue weighted by Gasteiger charge is -2.14. The van der Waals surface area contributed by atoms with Crippen molar-refractivity contribution in [1.29, 1.82) is 5.26 Å². The van der Waals surface area contributed by atoms with E-state index < -0.39 is 11.7 Å². The molecule has 0 saturated heterocycles. The van der Waals surface area contributed by atoms with Crippen LogP contribution in [0.1, 0.15) is 34.0 Å². The van der Waals surface area contributed by atoms with E-state index in [1.165, 1.54) is 18.3 Å². The van der Waals surface area contributed by atoms with E-state index in [2.05, 4.69) is 49.0 Å². The van der Waals surface area contributed by atoms with Gasteiger partial charge in [0.2, 0.25) is 0 Å². The molecule has 0 radical (unpaired) electrons. The number of nitrogens with zero attached hydrogens (tertiary/aromatic N) is 2. The van der Waals surface area contributed by atoms with Crippen molar-refractivity contribution >= 4 is 50.6 Å². The van der Waals surface area contributed by atoms with Crippen molar-refractivity contribution in [3.05, 3.63) is 90.7 Å². The Labute approximate surface area is 212 Å². The summed E-state index contributed by atoms with van der Waals surface area (Å²) < 4.78 is 27.5. The second-order valence-corrected chi connectivity index (χ2v) is 8.78. The van der Waals surface area contributed by atoms with Gasteiger partial charge in [-0.2, -0.15) is 10.4 Å². The van der Waals surface area contributed by atoms with Gasteiger partial charge in [-0.3, -0.25) is 4.79 Å². The van der Waals surface area contributed by atoms with Gasteiger partial charge in [0.15, 0.2) is 11.5 Å². The van der Waals surface area contributed by atoms with Crippen LogP contribution < -0.4 is 14.9 Å². The number of halogens is 3. The number of carbonyl (C=O) groups is 1. The molecule has 9 heteroatoms. The molecule has 1 amide bonds. The first kappa shape index (κ1) is 24.7. The molecule has 168 valence electrons. The van der Waals surface area contributed by atoms with Gasteiger partial charge in [-0.25, -0.2) is 9.82 Å². The molecule has 0 fully saturated rings. The summed E-state index contributed by atoms with van der Waals surface area (Å²) in [6.45, 7) is 2.67. The van der Waals surface area contributed by atoms with Crippen LogP contribution in [-0.4, -0.2) is 18.7 Å². The van der Waals surface area contributed by atoms with Crippen molar-refractivity contribution in [2.45, 2.75) is 13.5 Å². The largest absolute Gasteiger partial charge is 0.490 e. The summed E-state index contributed by atoms with van der Waals surface area (Å²) in [5, 5.41) is 12.7. The minimum Gasteiger partial charge on any atom is -0.490 e. The summed E-state index contributed by atoms with van der Waals surface area (Å²) in [7, 11) is 0. The molecule has 0 aromatic heterocycles. The maximum atomic E-state index is 14.0. The molecule has 0 bridgehead atoms. The van der Waals surface area contributed by atoms with E-state index in [4.69, 9.17) is 14.7 Å². The van der Waals surface area contributed by atoms with Crippen molar-refractivity contribution in [2.24, 2.45) is 5.10 Å². The molecule has 0 spiro atoms. The molecule has 0 aliphatic rings. The highest BCUT2D eigenvalue weighted by molar-refractivity contribution is 14.1. The average molecular weight is 622 g/mol. The molecule has 0 heterocycles. The highest BCUT2D eigenvalue weighted by atomic mass is 127. The van der Waals surface area contributed by atoms with Gasteiger partial charge in [-0.1, -0.05) is 12.1 Å². The van der Waals surface area contributed by atoms with Crippen LogP contribution in [0.3, 0.4) is 0 Å². The zero-order valence-corrected chi connectivity index (χ0v) is 21.2. The fourth-order valence-electron chi connectivity index (χ4n) is 2.80. The average Bonchev–Trinajstić information content (AvgIpc) is 2.79. The van der Waals surface area contributed by atoms with Gasteiger partial charge >= 0.3 is 0 Å².